The second-order valence-corrected chi connectivity index (χ2v) is 3.77. The summed E-state index contributed by atoms with van der Waals surface area (Å²) in [4.78, 5) is 11.5. The number of aliphatic carboxylic acids is 1. The molecule has 0 radical (unpaired) electrons. The van der Waals surface area contributed by atoms with E-state index in [0.29, 0.717) is 12.5 Å². The van der Waals surface area contributed by atoms with E-state index in [4.69, 9.17) is 5.11 Å². The third-order valence-electron chi connectivity index (χ3n) is 2.66. The zero-order valence-electron chi connectivity index (χ0n) is 7.79. The summed E-state index contributed by atoms with van der Waals surface area (Å²) < 4.78 is 0. The maximum absolute atomic E-state index is 10.2. The van der Waals surface area contributed by atoms with Crippen molar-refractivity contribution in [1.82, 2.24) is 0 Å². The van der Waals surface area contributed by atoms with Gasteiger partial charge in [0.1, 0.15) is 0 Å². The van der Waals surface area contributed by atoms with Gasteiger partial charge >= 0.3 is 0 Å². The molecule has 1 heterocycles. The zero-order valence-corrected chi connectivity index (χ0v) is 7.79. The van der Waals surface area contributed by atoms with E-state index in [1.54, 1.807) is 0 Å². The van der Waals surface area contributed by atoms with E-state index in [0.717, 1.165) is 25.9 Å². The predicted molar refractivity (Wildman–Crippen MR) is 45.0 cm³/mol. The highest BCUT2D eigenvalue weighted by atomic mass is 16.4. The smallest absolute Gasteiger partial charge is 0.0824 e. The molecule has 2 atom stereocenters. The van der Waals surface area contributed by atoms with Gasteiger partial charge in [-0.15, -0.1) is 0 Å². The molecule has 0 amide bonds. The lowest BCUT2D eigenvalue weighted by Gasteiger charge is -2.28. The molecular formula is C9H17NO3. The van der Waals surface area contributed by atoms with Crippen LogP contribution in [0.3, 0.4) is 0 Å². The van der Waals surface area contributed by atoms with Gasteiger partial charge in [0.15, 0.2) is 0 Å². The van der Waals surface area contributed by atoms with Crippen LogP contribution in [0.2, 0.25) is 0 Å². The van der Waals surface area contributed by atoms with Crippen LogP contribution >= 0.6 is 0 Å². The van der Waals surface area contributed by atoms with Crippen LogP contribution in [0.25, 0.3) is 0 Å². The van der Waals surface area contributed by atoms with Crippen LogP contribution in [-0.2, 0) is 4.79 Å². The van der Waals surface area contributed by atoms with Crippen molar-refractivity contribution in [3.8, 4) is 0 Å². The van der Waals surface area contributed by atoms with Gasteiger partial charge in [0.05, 0.1) is 26.2 Å². The van der Waals surface area contributed by atoms with Gasteiger partial charge in [-0.05, 0) is 12.8 Å². The molecule has 0 aromatic heterocycles. The van der Waals surface area contributed by atoms with Crippen molar-refractivity contribution in [2.75, 3.05) is 26.2 Å². The SMILES string of the molecule is O=C([O-])CC[NH+]1CCC[C@H](CO)C1. The molecule has 1 unspecified atom stereocenters. The number of hydrogen-bond donors (Lipinski definition) is 2. The Morgan fingerprint density at radius 2 is 2.38 bits per heavy atom. The highest BCUT2D eigenvalue weighted by Crippen LogP contribution is 2.05. The molecule has 0 spiro atoms. The van der Waals surface area contributed by atoms with Crippen LogP contribution in [0.5, 0.6) is 0 Å². The van der Waals surface area contributed by atoms with E-state index in [-0.39, 0.29) is 13.0 Å². The molecule has 1 aliphatic heterocycles. The fourth-order valence-corrected chi connectivity index (χ4v) is 1.91. The summed E-state index contributed by atoms with van der Waals surface area (Å²) >= 11 is 0. The molecule has 0 bridgehead atoms. The standard InChI is InChI=1S/C9H17NO3/c11-7-8-2-1-4-10(6-8)5-3-9(12)13/h8,11H,1-7H2,(H,12,13)/t8-/m0/s1. The second-order valence-electron chi connectivity index (χ2n) is 3.77. The van der Waals surface area contributed by atoms with Gasteiger partial charge in [-0.2, -0.15) is 0 Å². The van der Waals surface area contributed by atoms with E-state index in [1.807, 2.05) is 0 Å². The summed E-state index contributed by atoms with van der Waals surface area (Å²) in [5, 5.41) is 19.2. The number of rotatable bonds is 4. The number of carbonyl (C=O) groups is 1. The van der Waals surface area contributed by atoms with Crippen molar-refractivity contribution < 1.29 is 19.9 Å². The van der Waals surface area contributed by atoms with E-state index < -0.39 is 5.97 Å². The molecule has 1 aliphatic rings. The number of quaternary nitrogens is 1. The monoisotopic (exact) mass is 187 g/mol. The fourth-order valence-electron chi connectivity index (χ4n) is 1.91. The third-order valence-corrected chi connectivity index (χ3v) is 2.66. The molecular weight excluding hydrogens is 170 g/mol. The van der Waals surface area contributed by atoms with Crippen LogP contribution in [-0.4, -0.2) is 37.3 Å². The molecule has 1 saturated heterocycles. The second kappa shape index (κ2) is 5.19. The van der Waals surface area contributed by atoms with Gasteiger partial charge in [0, 0.05) is 18.3 Å². The Bertz CT molecular complexity index is 172. The van der Waals surface area contributed by atoms with Crippen molar-refractivity contribution >= 4 is 5.97 Å². The van der Waals surface area contributed by atoms with Gasteiger partial charge in [-0.3, -0.25) is 0 Å². The van der Waals surface area contributed by atoms with E-state index >= 15 is 0 Å². The topological polar surface area (TPSA) is 64.8 Å². The van der Waals surface area contributed by atoms with E-state index in [2.05, 4.69) is 0 Å². The number of nitrogens with one attached hydrogen (secondary N) is 1. The lowest BCUT2D eigenvalue weighted by atomic mass is 9.99. The summed E-state index contributed by atoms with van der Waals surface area (Å²) in [6, 6.07) is 0. The Morgan fingerprint density at radius 3 is 3.00 bits per heavy atom. The largest absolute Gasteiger partial charge is 0.550 e. The maximum atomic E-state index is 10.2. The molecule has 1 fully saturated rings. The molecule has 4 nitrogen and oxygen atoms in total. The van der Waals surface area contributed by atoms with Crippen molar-refractivity contribution in [2.24, 2.45) is 5.92 Å². The van der Waals surface area contributed by atoms with E-state index in [9.17, 15) is 9.90 Å². The summed E-state index contributed by atoms with van der Waals surface area (Å²) in [5.41, 5.74) is 0. The molecule has 13 heavy (non-hydrogen) atoms. The number of piperidine rings is 1. The van der Waals surface area contributed by atoms with Gasteiger partial charge < -0.3 is 19.9 Å². The van der Waals surface area contributed by atoms with Crippen molar-refractivity contribution in [1.29, 1.82) is 0 Å². The van der Waals surface area contributed by atoms with Crippen molar-refractivity contribution in [3.05, 3.63) is 0 Å². The summed E-state index contributed by atoms with van der Waals surface area (Å²) in [5.74, 6) is -0.607. The number of aliphatic hydroxyl groups excluding tert-OH is 1. The number of hydrogen-bond acceptors (Lipinski definition) is 3. The minimum atomic E-state index is -0.973. The van der Waals surface area contributed by atoms with Crippen molar-refractivity contribution in [2.45, 2.75) is 19.3 Å². The lowest BCUT2D eigenvalue weighted by Crippen LogP contribution is -3.13. The summed E-state index contributed by atoms with van der Waals surface area (Å²) in [6.07, 6.45) is 2.30. The average molecular weight is 187 g/mol. The molecule has 4 heteroatoms. The normalized spacial score (nSPS) is 28.7. The van der Waals surface area contributed by atoms with Crippen LogP contribution in [0, 0.1) is 5.92 Å². The minimum absolute atomic E-state index is 0.132. The van der Waals surface area contributed by atoms with Crippen LogP contribution in [0.1, 0.15) is 19.3 Å². The Hall–Kier alpha value is -0.610. The first-order chi connectivity index (χ1) is 6.22. The fraction of sp³-hybridized carbons (Fsp3) is 0.889. The maximum Gasteiger partial charge on any atom is 0.0824 e. The van der Waals surface area contributed by atoms with Gasteiger partial charge in [0.2, 0.25) is 0 Å². The molecule has 0 saturated carbocycles. The zero-order chi connectivity index (χ0) is 9.68. The minimum Gasteiger partial charge on any atom is -0.550 e. The third kappa shape index (κ3) is 3.74. The Balaban J connectivity index is 2.21. The number of carboxylic acid groups (broad SMARTS) is 1. The molecule has 1 rings (SSSR count). The first-order valence-corrected chi connectivity index (χ1v) is 4.86. The highest BCUT2D eigenvalue weighted by molar-refractivity contribution is 5.64. The first kappa shape index (κ1) is 10.5. The number of carbonyl (C=O) groups excluding carboxylic acids is 1. The lowest BCUT2D eigenvalue weighted by molar-refractivity contribution is -0.908. The Kier molecular flexibility index (Phi) is 4.18. The average Bonchev–Trinajstić information content (AvgIpc) is 2.15. The predicted octanol–water partition coefficient (Wildman–Crippen LogP) is -2.59. The molecule has 2 N–H and O–H groups in total. The Morgan fingerprint density at radius 1 is 1.62 bits per heavy atom. The molecule has 0 aliphatic carbocycles. The van der Waals surface area contributed by atoms with Gasteiger partial charge in [0.25, 0.3) is 0 Å². The van der Waals surface area contributed by atoms with Gasteiger partial charge in [-0.1, -0.05) is 0 Å². The van der Waals surface area contributed by atoms with Gasteiger partial charge in [-0.25, -0.2) is 0 Å². The van der Waals surface area contributed by atoms with Crippen molar-refractivity contribution in [3.63, 3.8) is 0 Å². The number of aliphatic hydroxyl groups is 1. The summed E-state index contributed by atoms with van der Waals surface area (Å²) in [6.45, 7) is 2.81. The van der Waals surface area contributed by atoms with E-state index in [1.165, 1.54) is 4.90 Å². The van der Waals surface area contributed by atoms with Crippen LogP contribution < -0.4 is 10.0 Å². The Labute approximate surface area is 78.2 Å². The molecule has 0 aromatic rings. The molecule has 0 aromatic carbocycles. The summed E-state index contributed by atoms with van der Waals surface area (Å²) in [7, 11) is 0. The molecule has 76 valence electrons. The first-order valence-electron chi connectivity index (χ1n) is 4.86. The number of likely N-dealkylation sites (tertiary alicyclic amines) is 1. The quantitative estimate of drug-likeness (QED) is 0.508. The van der Waals surface area contributed by atoms with Crippen LogP contribution in [0.4, 0.5) is 0 Å². The highest BCUT2D eigenvalue weighted by Gasteiger charge is 2.21. The number of carboxylic acids is 1. The van der Waals surface area contributed by atoms with Crippen LogP contribution in [0.15, 0.2) is 0 Å².